The van der Waals surface area contributed by atoms with E-state index in [1.54, 1.807) is 19.5 Å². The van der Waals surface area contributed by atoms with E-state index in [0.717, 1.165) is 23.3 Å². The Morgan fingerprint density at radius 2 is 2.07 bits per heavy atom. The number of benzene rings is 1. The number of rotatable bonds is 8. The number of nitrogens with zero attached hydrogens (tertiary/aromatic N) is 3. The number of pyridine rings is 1. The zero-order chi connectivity index (χ0) is 19.1. The SMILES string of the molecule is CCC(NC(=O)CCc1nc(-c2cccnc2)no1)c1ccc(OC)cc1. The fraction of sp³-hybridized carbons (Fsp3) is 0.300. The zero-order valence-electron chi connectivity index (χ0n) is 15.4. The van der Waals surface area contributed by atoms with Crippen LogP contribution in [0.15, 0.2) is 53.3 Å². The normalized spacial score (nSPS) is 11.8. The van der Waals surface area contributed by atoms with Crippen molar-refractivity contribution in [3.8, 4) is 17.1 Å². The molecule has 2 aromatic heterocycles. The number of methoxy groups -OCH3 is 1. The minimum Gasteiger partial charge on any atom is -0.497 e. The quantitative estimate of drug-likeness (QED) is 0.657. The van der Waals surface area contributed by atoms with Gasteiger partial charge in [-0.15, -0.1) is 0 Å². The van der Waals surface area contributed by atoms with Crippen LogP contribution in [0.5, 0.6) is 5.75 Å². The van der Waals surface area contributed by atoms with Crippen LogP contribution in [0.2, 0.25) is 0 Å². The highest BCUT2D eigenvalue weighted by Crippen LogP contribution is 2.20. The average Bonchev–Trinajstić information content (AvgIpc) is 3.20. The third-order valence-electron chi connectivity index (χ3n) is 4.22. The van der Waals surface area contributed by atoms with Gasteiger partial charge in [0.05, 0.1) is 13.2 Å². The summed E-state index contributed by atoms with van der Waals surface area (Å²) in [6.07, 6.45) is 4.81. The molecule has 1 aromatic carbocycles. The van der Waals surface area contributed by atoms with E-state index in [1.807, 2.05) is 43.3 Å². The number of hydrogen-bond donors (Lipinski definition) is 1. The second-order valence-electron chi connectivity index (χ2n) is 6.05. The molecule has 0 aliphatic heterocycles. The fourth-order valence-electron chi connectivity index (χ4n) is 2.71. The van der Waals surface area contributed by atoms with Crippen LogP contribution in [-0.2, 0) is 11.2 Å². The Hall–Kier alpha value is -3.22. The molecule has 0 saturated heterocycles. The van der Waals surface area contributed by atoms with Gasteiger partial charge in [-0.1, -0.05) is 24.2 Å². The van der Waals surface area contributed by atoms with Crippen LogP contribution in [0, 0.1) is 0 Å². The third-order valence-corrected chi connectivity index (χ3v) is 4.22. The first-order valence-electron chi connectivity index (χ1n) is 8.86. The standard InChI is InChI=1S/C20H22N4O3/c1-3-17(14-6-8-16(26-2)9-7-14)22-18(25)10-11-19-23-20(24-27-19)15-5-4-12-21-13-15/h4-9,12-13,17H,3,10-11H2,1-2H3,(H,22,25). The first-order chi connectivity index (χ1) is 13.2. The number of hydrogen-bond acceptors (Lipinski definition) is 6. The predicted molar refractivity (Wildman–Crippen MR) is 100 cm³/mol. The van der Waals surface area contributed by atoms with Gasteiger partial charge in [-0.25, -0.2) is 0 Å². The monoisotopic (exact) mass is 366 g/mol. The van der Waals surface area contributed by atoms with Crippen LogP contribution in [0.3, 0.4) is 0 Å². The molecule has 2 heterocycles. The molecule has 140 valence electrons. The van der Waals surface area contributed by atoms with Crippen molar-refractivity contribution in [3.63, 3.8) is 0 Å². The summed E-state index contributed by atoms with van der Waals surface area (Å²) in [6.45, 7) is 2.04. The number of ether oxygens (including phenoxy) is 1. The summed E-state index contributed by atoms with van der Waals surface area (Å²) >= 11 is 0. The van der Waals surface area contributed by atoms with Crippen molar-refractivity contribution < 1.29 is 14.1 Å². The van der Waals surface area contributed by atoms with E-state index in [2.05, 4.69) is 20.4 Å². The lowest BCUT2D eigenvalue weighted by atomic mass is 10.0. The molecule has 27 heavy (non-hydrogen) atoms. The molecule has 0 bridgehead atoms. The largest absolute Gasteiger partial charge is 0.497 e. The summed E-state index contributed by atoms with van der Waals surface area (Å²) in [4.78, 5) is 20.7. The van der Waals surface area contributed by atoms with Gasteiger partial charge in [0.15, 0.2) is 0 Å². The fourth-order valence-corrected chi connectivity index (χ4v) is 2.71. The van der Waals surface area contributed by atoms with Gasteiger partial charge >= 0.3 is 0 Å². The molecule has 0 fully saturated rings. The van der Waals surface area contributed by atoms with E-state index >= 15 is 0 Å². The van der Waals surface area contributed by atoms with Crippen molar-refractivity contribution >= 4 is 5.91 Å². The zero-order valence-corrected chi connectivity index (χ0v) is 15.4. The third kappa shape index (κ3) is 4.91. The number of aromatic nitrogens is 3. The molecule has 0 radical (unpaired) electrons. The second-order valence-corrected chi connectivity index (χ2v) is 6.05. The molecule has 0 saturated carbocycles. The highest BCUT2D eigenvalue weighted by Gasteiger charge is 2.15. The molecular weight excluding hydrogens is 344 g/mol. The summed E-state index contributed by atoms with van der Waals surface area (Å²) in [5.74, 6) is 1.64. The molecule has 0 spiro atoms. The minimum absolute atomic E-state index is 0.0444. The molecular formula is C20H22N4O3. The van der Waals surface area contributed by atoms with E-state index in [1.165, 1.54) is 0 Å². The van der Waals surface area contributed by atoms with Gasteiger partial charge in [-0.2, -0.15) is 4.98 Å². The molecule has 1 amide bonds. The Balaban J connectivity index is 1.55. The lowest BCUT2D eigenvalue weighted by Gasteiger charge is -2.17. The van der Waals surface area contributed by atoms with Crippen LogP contribution in [0.25, 0.3) is 11.4 Å². The molecule has 3 aromatic rings. The lowest BCUT2D eigenvalue weighted by Crippen LogP contribution is -2.28. The van der Waals surface area contributed by atoms with Crippen LogP contribution in [0.1, 0.15) is 37.3 Å². The lowest BCUT2D eigenvalue weighted by molar-refractivity contribution is -0.121. The number of aryl methyl sites for hydroxylation is 1. The molecule has 0 aliphatic carbocycles. The summed E-state index contributed by atoms with van der Waals surface area (Å²) in [5.41, 5.74) is 1.82. The van der Waals surface area contributed by atoms with E-state index < -0.39 is 0 Å². The molecule has 7 nitrogen and oxygen atoms in total. The Morgan fingerprint density at radius 3 is 2.74 bits per heavy atom. The number of nitrogens with one attached hydrogen (secondary N) is 1. The topological polar surface area (TPSA) is 90.1 Å². The number of amides is 1. The van der Waals surface area contributed by atoms with Gasteiger partial charge in [-0.3, -0.25) is 9.78 Å². The minimum atomic E-state index is -0.0567. The van der Waals surface area contributed by atoms with E-state index in [4.69, 9.17) is 9.26 Å². The van der Waals surface area contributed by atoms with Gasteiger partial charge in [0.2, 0.25) is 17.6 Å². The summed E-state index contributed by atoms with van der Waals surface area (Å²) < 4.78 is 10.4. The van der Waals surface area contributed by atoms with E-state index in [-0.39, 0.29) is 18.4 Å². The smallest absolute Gasteiger partial charge is 0.227 e. The maximum Gasteiger partial charge on any atom is 0.227 e. The highest BCUT2D eigenvalue weighted by molar-refractivity contribution is 5.76. The average molecular weight is 366 g/mol. The van der Waals surface area contributed by atoms with Crippen molar-refractivity contribution in [1.29, 1.82) is 0 Å². The molecule has 7 heteroatoms. The van der Waals surface area contributed by atoms with Crippen molar-refractivity contribution in [2.24, 2.45) is 0 Å². The van der Waals surface area contributed by atoms with Gasteiger partial charge in [0, 0.05) is 30.8 Å². The number of carbonyl (C=O) groups is 1. The number of carbonyl (C=O) groups excluding carboxylic acids is 1. The summed E-state index contributed by atoms with van der Waals surface area (Å²) in [6, 6.07) is 11.3. The van der Waals surface area contributed by atoms with Crippen LogP contribution in [-0.4, -0.2) is 28.1 Å². The maximum absolute atomic E-state index is 12.3. The van der Waals surface area contributed by atoms with Crippen LogP contribution >= 0.6 is 0 Å². The molecule has 3 rings (SSSR count). The van der Waals surface area contributed by atoms with Crippen molar-refractivity contribution in [1.82, 2.24) is 20.4 Å². The van der Waals surface area contributed by atoms with Gasteiger partial charge < -0.3 is 14.6 Å². The van der Waals surface area contributed by atoms with E-state index in [0.29, 0.717) is 18.1 Å². The molecule has 1 atom stereocenters. The van der Waals surface area contributed by atoms with Crippen LogP contribution in [0.4, 0.5) is 0 Å². The Kier molecular flexibility index (Phi) is 6.14. The Bertz CT molecular complexity index is 862. The van der Waals surface area contributed by atoms with Gasteiger partial charge in [-0.05, 0) is 36.2 Å². The predicted octanol–water partition coefficient (Wildman–Crippen LogP) is 3.34. The maximum atomic E-state index is 12.3. The van der Waals surface area contributed by atoms with Crippen molar-refractivity contribution in [2.45, 2.75) is 32.2 Å². The Labute approximate surface area is 157 Å². The summed E-state index contributed by atoms with van der Waals surface area (Å²) in [7, 11) is 1.63. The first kappa shape index (κ1) is 18.6. The van der Waals surface area contributed by atoms with Crippen molar-refractivity contribution in [3.05, 3.63) is 60.2 Å². The van der Waals surface area contributed by atoms with E-state index in [9.17, 15) is 4.79 Å². The molecule has 1 unspecified atom stereocenters. The molecule has 0 aliphatic rings. The van der Waals surface area contributed by atoms with Gasteiger partial charge in [0.1, 0.15) is 5.75 Å². The van der Waals surface area contributed by atoms with Crippen molar-refractivity contribution in [2.75, 3.05) is 7.11 Å². The highest BCUT2D eigenvalue weighted by atomic mass is 16.5. The van der Waals surface area contributed by atoms with Gasteiger partial charge in [0.25, 0.3) is 0 Å². The first-order valence-corrected chi connectivity index (χ1v) is 8.86. The second kappa shape index (κ2) is 8.93. The Morgan fingerprint density at radius 1 is 1.26 bits per heavy atom. The summed E-state index contributed by atoms with van der Waals surface area (Å²) in [5, 5.41) is 6.99. The molecule has 1 N–H and O–H groups in total. The van der Waals surface area contributed by atoms with Crippen LogP contribution < -0.4 is 10.1 Å².